The van der Waals surface area contributed by atoms with Crippen LogP contribution < -0.4 is 15.4 Å². The Morgan fingerprint density at radius 1 is 1.04 bits per heavy atom. The number of carbonyl (C=O) groups excluding carboxylic acids is 1. The van der Waals surface area contributed by atoms with Gasteiger partial charge >= 0.3 is 0 Å². The zero-order chi connectivity index (χ0) is 16.2. The number of nitrogen functional groups attached to an aromatic ring is 1. The van der Waals surface area contributed by atoms with E-state index < -0.39 is 0 Å². The summed E-state index contributed by atoms with van der Waals surface area (Å²) in [6.07, 6.45) is 0. The Morgan fingerprint density at radius 3 is 2.48 bits per heavy atom. The number of nitrogens with two attached hydrogens (primary N) is 1. The average Bonchev–Trinajstić information content (AvgIpc) is 2.62. The molecule has 23 heavy (non-hydrogen) atoms. The maximum Gasteiger partial charge on any atom is 0.256 e. The van der Waals surface area contributed by atoms with Crippen molar-refractivity contribution in [1.82, 2.24) is 4.90 Å². The summed E-state index contributed by atoms with van der Waals surface area (Å²) in [7, 11) is 1.67. The number of rotatable bonds is 3. The van der Waals surface area contributed by atoms with Crippen molar-refractivity contribution in [3.63, 3.8) is 0 Å². The molecular formula is C18H21N3O2. The predicted octanol–water partition coefficient (Wildman–Crippen LogP) is 2.24. The van der Waals surface area contributed by atoms with Gasteiger partial charge in [0.2, 0.25) is 0 Å². The standard InChI is InChI=1S/C18H21N3O2/c1-23-15-6-4-5-14(13-15)20-9-11-21(12-10-20)18(22)16-7-2-3-8-17(16)19/h2-8,13H,9-12,19H2,1H3. The second-order valence-electron chi connectivity index (χ2n) is 5.57. The molecule has 1 amide bonds. The summed E-state index contributed by atoms with van der Waals surface area (Å²) >= 11 is 0. The highest BCUT2D eigenvalue weighted by Gasteiger charge is 2.23. The van der Waals surface area contributed by atoms with Crippen molar-refractivity contribution >= 4 is 17.3 Å². The van der Waals surface area contributed by atoms with Gasteiger partial charge in [-0.05, 0) is 24.3 Å². The average molecular weight is 311 g/mol. The van der Waals surface area contributed by atoms with Crippen LogP contribution in [0.25, 0.3) is 0 Å². The first kappa shape index (κ1) is 15.2. The molecule has 2 aromatic rings. The zero-order valence-electron chi connectivity index (χ0n) is 13.2. The highest BCUT2D eigenvalue weighted by atomic mass is 16.5. The van der Waals surface area contributed by atoms with Crippen LogP contribution in [0, 0.1) is 0 Å². The van der Waals surface area contributed by atoms with E-state index in [2.05, 4.69) is 11.0 Å². The van der Waals surface area contributed by atoms with Gasteiger partial charge < -0.3 is 20.3 Å². The molecule has 0 aliphatic carbocycles. The van der Waals surface area contributed by atoms with Crippen molar-refractivity contribution in [1.29, 1.82) is 0 Å². The number of para-hydroxylation sites is 1. The van der Waals surface area contributed by atoms with Gasteiger partial charge in [-0.2, -0.15) is 0 Å². The van der Waals surface area contributed by atoms with Gasteiger partial charge in [-0.25, -0.2) is 0 Å². The molecule has 1 fully saturated rings. The molecule has 0 spiro atoms. The first-order valence-electron chi connectivity index (χ1n) is 7.72. The third kappa shape index (κ3) is 3.23. The van der Waals surface area contributed by atoms with Gasteiger partial charge in [0.1, 0.15) is 5.75 Å². The molecule has 0 unspecified atom stereocenters. The Hall–Kier alpha value is -2.69. The normalized spacial score (nSPS) is 14.7. The molecule has 0 bridgehead atoms. The van der Waals surface area contributed by atoms with Crippen LogP contribution in [0.15, 0.2) is 48.5 Å². The summed E-state index contributed by atoms with van der Waals surface area (Å²) in [4.78, 5) is 16.7. The van der Waals surface area contributed by atoms with Crippen LogP contribution in [0.2, 0.25) is 0 Å². The van der Waals surface area contributed by atoms with Crippen LogP contribution in [0.3, 0.4) is 0 Å². The smallest absolute Gasteiger partial charge is 0.256 e. The highest BCUT2D eigenvalue weighted by Crippen LogP contribution is 2.23. The lowest BCUT2D eigenvalue weighted by molar-refractivity contribution is 0.0748. The lowest BCUT2D eigenvalue weighted by Crippen LogP contribution is -2.48. The number of benzene rings is 2. The van der Waals surface area contributed by atoms with E-state index in [0.717, 1.165) is 24.5 Å². The first-order valence-corrected chi connectivity index (χ1v) is 7.72. The lowest BCUT2D eigenvalue weighted by atomic mass is 10.1. The number of ether oxygens (including phenoxy) is 1. The minimum Gasteiger partial charge on any atom is -0.497 e. The highest BCUT2D eigenvalue weighted by molar-refractivity contribution is 5.99. The van der Waals surface area contributed by atoms with Crippen LogP contribution in [0.4, 0.5) is 11.4 Å². The second kappa shape index (κ2) is 6.60. The second-order valence-corrected chi connectivity index (χ2v) is 5.57. The summed E-state index contributed by atoms with van der Waals surface area (Å²) in [6, 6.07) is 15.2. The quantitative estimate of drug-likeness (QED) is 0.883. The van der Waals surface area contributed by atoms with Crippen LogP contribution in [-0.4, -0.2) is 44.1 Å². The molecule has 2 N–H and O–H groups in total. The first-order chi connectivity index (χ1) is 11.2. The van der Waals surface area contributed by atoms with Crippen LogP contribution in [-0.2, 0) is 0 Å². The Labute approximate surface area is 136 Å². The Kier molecular flexibility index (Phi) is 4.37. The number of carbonyl (C=O) groups is 1. The number of anilines is 2. The van der Waals surface area contributed by atoms with Crippen molar-refractivity contribution in [2.75, 3.05) is 43.9 Å². The molecule has 2 aromatic carbocycles. The number of amides is 1. The molecule has 0 atom stereocenters. The molecule has 1 aliphatic heterocycles. The Balaban J connectivity index is 1.66. The van der Waals surface area contributed by atoms with E-state index in [-0.39, 0.29) is 5.91 Å². The molecule has 1 heterocycles. The van der Waals surface area contributed by atoms with Crippen molar-refractivity contribution < 1.29 is 9.53 Å². The molecule has 120 valence electrons. The number of hydrogen-bond acceptors (Lipinski definition) is 4. The summed E-state index contributed by atoms with van der Waals surface area (Å²) in [5.41, 5.74) is 8.15. The van der Waals surface area contributed by atoms with E-state index in [1.807, 2.05) is 35.2 Å². The third-order valence-corrected chi connectivity index (χ3v) is 4.18. The van der Waals surface area contributed by atoms with Crippen LogP contribution in [0.5, 0.6) is 5.75 Å². The van der Waals surface area contributed by atoms with Gasteiger partial charge in [0.25, 0.3) is 5.91 Å². The van der Waals surface area contributed by atoms with Gasteiger partial charge in [-0.15, -0.1) is 0 Å². The van der Waals surface area contributed by atoms with Crippen LogP contribution in [0.1, 0.15) is 10.4 Å². The molecule has 1 aliphatic rings. The van der Waals surface area contributed by atoms with Crippen LogP contribution >= 0.6 is 0 Å². The van der Waals surface area contributed by atoms with Crippen molar-refractivity contribution in [3.8, 4) is 5.75 Å². The molecule has 0 radical (unpaired) electrons. The predicted molar refractivity (Wildman–Crippen MR) is 92.0 cm³/mol. The van der Waals surface area contributed by atoms with Gasteiger partial charge in [-0.3, -0.25) is 4.79 Å². The van der Waals surface area contributed by atoms with E-state index in [1.54, 1.807) is 19.2 Å². The molecular weight excluding hydrogens is 290 g/mol. The number of methoxy groups -OCH3 is 1. The van der Waals surface area contributed by atoms with E-state index in [1.165, 1.54) is 0 Å². The molecule has 5 nitrogen and oxygen atoms in total. The van der Waals surface area contributed by atoms with E-state index in [0.29, 0.717) is 24.3 Å². The largest absolute Gasteiger partial charge is 0.497 e. The molecule has 5 heteroatoms. The van der Waals surface area contributed by atoms with Crippen molar-refractivity contribution in [2.24, 2.45) is 0 Å². The Bertz CT molecular complexity index is 694. The molecule has 0 aromatic heterocycles. The molecule has 3 rings (SSSR count). The van der Waals surface area contributed by atoms with Gasteiger partial charge in [0, 0.05) is 43.6 Å². The summed E-state index contributed by atoms with van der Waals surface area (Å²) in [5.74, 6) is 0.853. The number of nitrogens with zero attached hydrogens (tertiary/aromatic N) is 2. The maximum atomic E-state index is 12.6. The van der Waals surface area contributed by atoms with Gasteiger partial charge in [-0.1, -0.05) is 18.2 Å². The third-order valence-electron chi connectivity index (χ3n) is 4.18. The van der Waals surface area contributed by atoms with E-state index in [9.17, 15) is 4.79 Å². The fourth-order valence-corrected chi connectivity index (χ4v) is 2.84. The SMILES string of the molecule is COc1cccc(N2CCN(C(=O)c3ccccc3N)CC2)c1. The monoisotopic (exact) mass is 311 g/mol. The van der Waals surface area contributed by atoms with E-state index in [4.69, 9.17) is 10.5 Å². The number of piperazine rings is 1. The van der Waals surface area contributed by atoms with Gasteiger partial charge in [0.05, 0.1) is 12.7 Å². The summed E-state index contributed by atoms with van der Waals surface area (Å²) < 4.78 is 5.27. The van der Waals surface area contributed by atoms with Crippen molar-refractivity contribution in [2.45, 2.75) is 0 Å². The summed E-state index contributed by atoms with van der Waals surface area (Å²) in [6.45, 7) is 2.96. The fourth-order valence-electron chi connectivity index (χ4n) is 2.84. The zero-order valence-corrected chi connectivity index (χ0v) is 13.2. The minimum atomic E-state index is 0.00777. The molecule has 0 saturated carbocycles. The van der Waals surface area contributed by atoms with Gasteiger partial charge in [0.15, 0.2) is 0 Å². The fraction of sp³-hybridized carbons (Fsp3) is 0.278. The lowest BCUT2D eigenvalue weighted by Gasteiger charge is -2.36. The number of hydrogen-bond donors (Lipinski definition) is 1. The topological polar surface area (TPSA) is 58.8 Å². The molecule has 1 saturated heterocycles. The Morgan fingerprint density at radius 2 is 1.78 bits per heavy atom. The minimum absolute atomic E-state index is 0.00777. The summed E-state index contributed by atoms with van der Waals surface area (Å²) in [5, 5.41) is 0. The van der Waals surface area contributed by atoms with E-state index >= 15 is 0 Å². The maximum absolute atomic E-state index is 12.6. The van der Waals surface area contributed by atoms with Crippen molar-refractivity contribution in [3.05, 3.63) is 54.1 Å².